The Labute approximate surface area is 125 Å². The molecule has 2 rings (SSSR count). The number of nitrogens with zero attached hydrogens (tertiary/aromatic N) is 3. The van der Waals surface area contributed by atoms with Crippen molar-refractivity contribution in [2.24, 2.45) is 15.1 Å². The molecule has 0 aliphatic carbocycles. The molecule has 1 aromatic rings. The van der Waals surface area contributed by atoms with Crippen LogP contribution in [0.25, 0.3) is 0 Å². The highest BCUT2D eigenvalue weighted by molar-refractivity contribution is 7.73. The normalized spacial score (nSPS) is 21.5. The van der Waals surface area contributed by atoms with Gasteiger partial charge in [0.1, 0.15) is 16.6 Å². The Morgan fingerprint density at radius 3 is 3.05 bits per heavy atom. The van der Waals surface area contributed by atoms with E-state index in [1.54, 1.807) is 6.92 Å². The van der Waals surface area contributed by atoms with Gasteiger partial charge in [-0.2, -0.15) is 0 Å². The zero-order valence-electron chi connectivity index (χ0n) is 11.9. The number of halogens is 1. The van der Waals surface area contributed by atoms with Gasteiger partial charge in [-0.25, -0.2) is 18.0 Å². The number of hydrogen-bond acceptors (Lipinski definition) is 4. The third kappa shape index (κ3) is 3.84. The predicted molar refractivity (Wildman–Crippen MR) is 83.6 cm³/mol. The second kappa shape index (κ2) is 6.75. The minimum Gasteiger partial charge on any atom is -0.399 e. The minimum atomic E-state index is -1.90. The van der Waals surface area contributed by atoms with Crippen LogP contribution < -0.4 is 11.5 Å². The van der Waals surface area contributed by atoms with E-state index in [9.17, 15) is 8.60 Å². The number of anilines is 1. The SMILES string of the molecule is C[C@H](/N=C(/N)N1CCCCN=[SH]1=O)c1cc(N)ccc1F. The van der Waals surface area contributed by atoms with Crippen LogP contribution in [0, 0.1) is 5.82 Å². The molecule has 0 radical (unpaired) electrons. The maximum absolute atomic E-state index is 13.8. The molecule has 1 aromatic carbocycles. The summed E-state index contributed by atoms with van der Waals surface area (Å²) in [6.07, 6.45) is 1.73. The van der Waals surface area contributed by atoms with Crippen LogP contribution in [0.5, 0.6) is 0 Å². The molecule has 0 fully saturated rings. The van der Waals surface area contributed by atoms with Gasteiger partial charge in [0.15, 0.2) is 0 Å². The van der Waals surface area contributed by atoms with E-state index in [-0.39, 0.29) is 5.96 Å². The van der Waals surface area contributed by atoms with Crippen molar-refractivity contribution in [1.82, 2.24) is 4.31 Å². The summed E-state index contributed by atoms with van der Waals surface area (Å²) < 4.78 is 31.2. The molecule has 116 valence electrons. The molecule has 0 amide bonds. The second-order valence-electron chi connectivity index (χ2n) is 4.89. The first-order valence-corrected chi connectivity index (χ1v) is 7.96. The third-order valence-electron chi connectivity index (χ3n) is 3.27. The van der Waals surface area contributed by atoms with Crippen molar-refractivity contribution in [2.45, 2.75) is 25.8 Å². The zero-order valence-corrected chi connectivity index (χ0v) is 12.8. The van der Waals surface area contributed by atoms with Gasteiger partial charge in [0.2, 0.25) is 5.96 Å². The molecule has 4 N–H and O–H groups in total. The van der Waals surface area contributed by atoms with E-state index in [0.717, 1.165) is 12.8 Å². The molecule has 1 aliphatic heterocycles. The van der Waals surface area contributed by atoms with Gasteiger partial charge < -0.3 is 11.5 Å². The Kier molecular flexibility index (Phi) is 5.00. The quantitative estimate of drug-likeness (QED) is 0.334. The van der Waals surface area contributed by atoms with Crippen LogP contribution in [-0.4, -0.2) is 27.6 Å². The van der Waals surface area contributed by atoms with Crippen molar-refractivity contribution in [3.8, 4) is 0 Å². The third-order valence-corrected chi connectivity index (χ3v) is 4.53. The van der Waals surface area contributed by atoms with E-state index in [1.165, 1.54) is 22.5 Å². The monoisotopic (exact) mass is 313 g/mol. The molecule has 8 heteroatoms. The molecular weight excluding hydrogens is 293 g/mol. The largest absolute Gasteiger partial charge is 0.399 e. The molecule has 6 nitrogen and oxygen atoms in total. The van der Waals surface area contributed by atoms with E-state index in [2.05, 4.69) is 9.36 Å². The van der Waals surface area contributed by atoms with E-state index in [0.29, 0.717) is 24.3 Å². The number of aliphatic imine (C=N–C) groups is 1. The number of guanidine groups is 1. The van der Waals surface area contributed by atoms with Crippen LogP contribution in [0.4, 0.5) is 10.1 Å². The minimum absolute atomic E-state index is 0.121. The van der Waals surface area contributed by atoms with Crippen molar-refractivity contribution in [3.05, 3.63) is 29.6 Å². The highest BCUT2D eigenvalue weighted by atomic mass is 32.2. The van der Waals surface area contributed by atoms with Gasteiger partial charge in [-0.3, -0.25) is 4.31 Å². The maximum atomic E-state index is 13.8. The summed E-state index contributed by atoms with van der Waals surface area (Å²) in [5.41, 5.74) is 12.4. The molecular formula is C13H20FN5OS. The Morgan fingerprint density at radius 1 is 1.52 bits per heavy atom. The van der Waals surface area contributed by atoms with Crippen LogP contribution in [0.2, 0.25) is 0 Å². The zero-order chi connectivity index (χ0) is 15.4. The number of benzene rings is 1. The summed E-state index contributed by atoms with van der Waals surface area (Å²) in [6.45, 7) is 2.82. The molecule has 0 bridgehead atoms. The number of nitrogens with two attached hydrogens (primary N) is 2. The molecule has 1 unspecified atom stereocenters. The van der Waals surface area contributed by atoms with Gasteiger partial charge in [0.25, 0.3) is 0 Å². The highest BCUT2D eigenvalue weighted by Gasteiger charge is 2.15. The molecule has 0 saturated heterocycles. The second-order valence-corrected chi connectivity index (χ2v) is 6.16. The summed E-state index contributed by atoms with van der Waals surface area (Å²) in [7, 11) is -1.90. The van der Waals surface area contributed by atoms with Crippen LogP contribution in [0.3, 0.4) is 0 Å². The number of hydrogen-bond donors (Lipinski definition) is 3. The van der Waals surface area contributed by atoms with Crippen LogP contribution in [0.15, 0.2) is 27.6 Å². The molecule has 0 spiro atoms. The average Bonchev–Trinajstić information content (AvgIpc) is 2.66. The van der Waals surface area contributed by atoms with Crippen molar-refractivity contribution < 1.29 is 8.60 Å². The lowest BCUT2D eigenvalue weighted by Crippen LogP contribution is -2.36. The van der Waals surface area contributed by atoms with E-state index < -0.39 is 22.6 Å². The van der Waals surface area contributed by atoms with Crippen molar-refractivity contribution in [1.29, 1.82) is 0 Å². The van der Waals surface area contributed by atoms with Gasteiger partial charge >= 0.3 is 0 Å². The fourth-order valence-electron chi connectivity index (χ4n) is 2.11. The average molecular weight is 313 g/mol. The van der Waals surface area contributed by atoms with Crippen LogP contribution >= 0.6 is 0 Å². The first-order chi connectivity index (χ1) is 9.99. The van der Waals surface area contributed by atoms with Gasteiger partial charge in [0.05, 0.1) is 6.04 Å². The molecule has 0 saturated carbocycles. The van der Waals surface area contributed by atoms with Crippen molar-refractivity contribution in [2.75, 3.05) is 18.8 Å². The predicted octanol–water partition coefficient (Wildman–Crippen LogP) is 1.46. The summed E-state index contributed by atoms with van der Waals surface area (Å²) in [4.78, 5) is 4.25. The van der Waals surface area contributed by atoms with Crippen LogP contribution in [0.1, 0.15) is 31.4 Å². The summed E-state index contributed by atoms with van der Waals surface area (Å²) in [5, 5.41) is 0. The molecule has 2 atom stereocenters. The number of nitrogen functional groups attached to an aromatic ring is 1. The lowest BCUT2D eigenvalue weighted by atomic mass is 10.1. The Balaban J connectivity index is 2.25. The van der Waals surface area contributed by atoms with E-state index in [4.69, 9.17) is 11.5 Å². The molecule has 0 aromatic heterocycles. The van der Waals surface area contributed by atoms with Crippen molar-refractivity contribution >= 4 is 22.4 Å². The number of thiol groups is 1. The van der Waals surface area contributed by atoms with E-state index in [1.807, 2.05) is 0 Å². The molecule has 21 heavy (non-hydrogen) atoms. The molecule has 1 aliphatic rings. The smallest absolute Gasteiger partial charge is 0.204 e. The fourth-order valence-corrected chi connectivity index (χ4v) is 3.12. The Morgan fingerprint density at radius 2 is 2.29 bits per heavy atom. The standard InChI is InChI=1S/C13H20FN5OS/c1-9(11-8-10(15)4-5-12(11)14)18-13(16)19-7-3-2-6-17-21(19)20/h4-5,8-9,21H,2-3,6-7,15H2,1H3,(H2,16,18)/t9-/m0/s1. The lowest BCUT2D eigenvalue weighted by molar-refractivity contribution is 0.569. The Hall–Kier alpha value is -1.83. The van der Waals surface area contributed by atoms with Crippen molar-refractivity contribution in [3.63, 3.8) is 0 Å². The topological polar surface area (TPSA) is 97.1 Å². The van der Waals surface area contributed by atoms with Gasteiger partial charge in [-0.1, -0.05) is 0 Å². The summed E-state index contributed by atoms with van der Waals surface area (Å²) in [5.74, 6) is -0.269. The lowest BCUT2D eigenvalue weighted by Gasteiger charge is -2.19. The van der Waals surface area contributed by atoms with Gasteiger partial charge in [0, 0.05) is 24.3 Å². The summed E-state index contributed by atoms with van der Waals surface area (Å²) in [6, 6.07) is 3.81. The first-order valence-electron chi connectivity index (χ1n) is 6.79. The van der Waals surface area contributed by atoms with Gasteiger partial charge in [-0.05, 0) is 38.0 Å². The van der Waals surface area contributed by atoms with Gasteiger partial charge in [-0.15, -0.1) is 0 Å². The highest BCUT2D eigenvalue weighted by Crippen LogP contribution is 2.23. The van der Waals surface area contributed by atoms with Crippen LogP contribution in [-0.2, 0) is 10.8 Å². The fraction of sp³-hybridized carbons (Fsp3) is 0.462. The first kappa shape index (κ1) is 15.6. The maximum Gasteiger partial charge on any atom is 0.204 e. The summed E-state index contributed by atoms with van der Waals surface area (Å²) >= 11 is 0. The molecule has 1 heterocycles. The van der Waals surface area contributed by atoms with E-state index >= 15 is 0 Å². The number of rotatable bonds is 2. The Bertz CT molecular complexity index is 627.